The molecular formula is C27H32F2N10O2. The van der Waals surface area contributed by atoms with Crippen LogP contribution < -0.4 is 15.1 Å². The first-order chi connectivity index (χ1) is 20.0. The smallest absolute Gasteiger partial charge is 0.296 e. The molecule has 216 valence electrons. The van der Waals surface area contributed by atoms with Gasteiger partial charge in [0.1, 0.15) is 5.82 Å². The van der Waals surface area contributed by atoms with E-state index in [9.17, 15) is 8.78 Å². The Morgan fingerprint density at radius 1 is 0.902 bits per heavy atom. The number of likely N-dealkylation sites (N-methyl/N-ethyl adjacent to an activating group) is 1. The first-order valence-corrected chi connectivity index (χ1v) is 13.6. The van der Waals surface area contributed by atoms with E-state index < -0.39 is 12.2 Å². The highest BCUT2D eigenvalue weighted by atomic mass is 19.3. The van der Waals surface area contributed by atoms with Crippen LogP contribution >= 0.6 is 0 Å². The van der Waals surface area contributed by atoms with Crippen molar-refractivity contribution in [2.45, 2.75) is 6.43 Å². The Labute approximate surface area is 235 Å². The van der Waals surface area contributed by atoms with Crippen molar-refractivity contribution in [2.75, 3.05) is 87.9 Å². The van der Waals surface area contributed by atoms with Crippen LogP contribution in [0.25, 0.3) is 17.0 Å². The van der Waals surface area contributed by atoms with Crippen molar-refractivity contribution in [3.05, 3.63) is 48.4 Å². The van der Waals surface area contributed by atoms with Crippen molar-refractivity contribution >= 4 is 34.4 Å². The first-order valence-electron chi connectivity index (χ1n) is 13.6. The normalized spacial score (nSPS) is 16.4. The molecule has 0 unspecified atom stereocenters. The molecule has 2 aliphatic heterocycles. The number of nitrogens with zero attached hydrogens (tertiary/aromatic N) is 9. The fraction of sp³-hybridized carbons (Fsp3) is 0.444. The number of halogens is 2. The molecule has 41 heavy (non-hydrogen) atoms. The van der Waals surface area contributed by atoms with E-state index in [1.165, 1.54) is 4.57 Å². The molecule has 12 nitrogen and oxygen atoms in total. The lowest BCUT2D eigenvalue weighted by molar-refractivity contribution is 0.0392. The van der Waals surface area contributed by atoms with E-state index in [-0.39, 0.29) is 11.9 Å². The number of imidazole rings is 1. The topological polar surface area (TPSA) is 110 Å². The molecule has 0 spiro atoms. The van der Waals surface area contributed by atoms with E-state index in [0.717, 1.165) is 45.2 Å². The molecule has 2 aliphatic rings. The molecule has 4 aromatic rings. The number of para-hydroxylation sites is 2. The van der Waals surface area contributed by atoms with Gasteiger partial charge in [-0.15, -0.1) is 0 Å². The van der Waals surface area contributed by atoms with Gasteiger partial charge in [0.15, 0.2) is 5.82 Å². The molecular weight excluding hydrogens is 534 g/mol. The number of rotatable bonds is 9. The average molecular weight is 567 g/mol. The molecule has 2 fully saturated rings. The Bertz CT molecular complexity index is 1460. The summed E-state index contributed by atoms with van der Waals surface area (Å²) < 4.78 is 40.4. The van der Waals surface area contributed by atoms with E-state index in [4.69, 9.17) is 9.47 Å². The van der Waals surface area contributed by atoms with Crippen molar-refractivity contribution in [1.82, 2.24) is 34.4 Å². The van der Waals surface area contributed by atoms with Crippen molar-refractivity contribution in [3.63, 3.8) is 0 Å². The van der Waals surface area contributed by atoms with Gasteiger partial charge in [0.2, 0.25) is 17.8 Å². The van der Waals surface area contributed by atoms with Crippen molar-refractivity contribution in [2.24, 2.45) is 0 Å². The number of benzene rings is 1. The summed E-state index contributed by atoms with van der Waals surface area (Å²) in [5, 5.41) is 3.19. The first kappa shape index (κ1) is 27.2. The quantitative estimate of drug-likeness (QED) is 0.323. The second-order valence-electron chi connectivity index (χ2n) is 9.86. The molecule has 0 atom stereocenters. The summed E-state index contributed by atoms with van der Waals surface area (Å²) >= 11 is 0. The van der Waals surface area contributed by atoms with Gasteiger partial charge in [-0.1, -0.05) is 12.1 Å². The fourth-order valence-corrected chi connectivity index (χ4v) is 4.86. The SMILES string of the molecule is CN(CCN1CCOCC1)c1ccc(Nc2nc(N3CCOCC3)nc(-n3c(C(F)F)nc4ccccc43)n2)cn1. The number of hydrogen-bond acceptors (Lipinski definition) is 11. The van der Waals surface area contributed by atoms with Gasteiger partial charge < -0.3 is 24.6 Å². The molecule has 0 amide bonds. The number of ether oxygens (including phenoxy) is 2. The number of aromatic nitrogens is 6. The number of hydrogen-bond donors (Lipinski definition) is 1. The zero-order valence-electron chi connectivity index (χ0n) is 22.8. The maximum atomic E-state index is 14.1. The zero-order valence-corrected chi connectivity index (χ0v) is 22.8. The molecule has 14 heteroatoms. The number of nitrogens with one attached hydrogen (secondary N) is 1. The second-order valence-corrected chi connectivity index (χ2v) is 9.86. The highest BCUT2D eigenvalue weighted by Crippen LogP contribution is 2.28. The molecule has 1 aromatic carbocycles. The van der Waals surface area contributed by atoms with Crippen molar-refractivity contribution in [1.29, 1.82) is 0 Å². The fourth-order valence-electron chi connectivity index (χ4n) is 4.86. The minimum atomic E-state index is -2.82. The summed E-state index contributed by atoms with van der Waals surface area (Å²) in [6.07, 6.45) is -1.12. The third kappa shape index (κ3) is 6.19. The summed E-state index contributed by atoms with van der Waals surface area (Å²) in [6, 6.07) is 10.7. The summed E-state index contributed by atoms with van der Waals surface area (Å²) in [4.78, 5) is 28.9. The third-order valence-corrected chi connectivity index (χ3v) is 7.14. The van der Waals surface area contributed by atoms with Crippen LogP contribution in [0.15, 0.2) is 42.6 Å². The average Bonchev–Trinajstić information content (AvgIpc) is 3.41. The van der Waals surface area contributed by atoms with Gasteiger partial charge >= 0.3 is 0 Å². The molecule has 3 aromatic heterocycles. The number of anilines is 4. The lowest BCUT2D eigenvalue weighted by atomic mass is 10.3. The molecule has 0 bridgehead atoms. The maximum absolute atomic E-state index is 14.1. The summed E-state index contributed by atoms with van der Waals surface area (Å²) in [5.74, 6) is 1.04. The van der Waals surface area contributed by atoms with Crippen LogP contribution in [0.5, 0.6) is 0 Å². The van der Waals surface area contributed by atoms with Crippen LogP contribution in [-0.4, -0.2) is 107 Å². The number of fused-ring (bicyclic) bond motifs is 1. The molecule has 1 N–H and O–H groups in total. The Morgan fingerprint density at radius 3 is 2.37 bits per heavy atom. The standard InChI is InChI=1S/C27H32F2N10O2/c1-36(8-9-37-10-14-40-15-11-37)22-7-6-19(18-30-22)31-25-33-26(38-12-16-41-17-13-38)35-27(34-25)39-21-5-3-2-4-20(21)32-24(39)23(28)29/h2-7,18,23H,8-17H2,1H3,(H,31,33,34,35). The highest BCUT2D eigenvalue weighted by Gasteiger charge is 2.24. The van der Waals surface area contributed by atoms with Crippen LogP contribution in [0, 0.1) is 0 Å². The zero-order chi connectivity index (χ0) is 28.2. The Hall–Kier alpha value is -4.01. The monoisotopic (exact) mass is 566 g/mol. The van der Waals surface area contributed by atoms with Gasteiger partial charge in [-0.3, -0.25) is 9.47 Å². The van der Waals surface area contributed by atoms with E-state index in [1.807, 2.05) is 24.1 Å². The Kier molecular flexibility index (Phi) is 8.11. The van der Waals surface area contributed by atoms with E-state index >= 15 is 0 Å². The van der Waals surface area contributed by atoms with Gasteiger partial charge in [0.25, 0.3) is 6.43 Å². The van der Waals surface area contributed by atoms with Gasteiger partial charge in [0, 0.05) is 46.3 Å². The van der Waals surface area contributed by atoms with Crippen LogP contribution in [0.1, 0.15) is 12.2 Å². The maximum Gasteiger partial charge on any atom is 0.296 e. The lowest BCUT2D eigenvalue weighted by Gasteiger charge is -2.29. The van der Waals surface area contributed by atoms with Crippen LogP contribution in [0.4, 0.5) is 32.2 Å². The van der Waals surface area contributed by atoms with Gasteiger partial charge in [-0.25, -0.2) is 18.7 Å². The molecule has 5 heterocycles. The predicted octanol–water partition coefficient (Wildman–Crippen LogP) is 2.89. The van der Waals surface area contributed by atoms with E-state index in [1.54, 1.807) is 30.5 Å². The number of morpholine rings is 2. The molecule has 0 saturated carbocycles. The summed E-state index contributed by atoms with van der Waals surface area (Å²) in [5.41, 5.74) is 1.58. The van der Waals surface area contributed by atoms with Gasteiger partial charge in [-0.05, 0) is 24.3 Å². The van der Waals surface area contributed by atoms with Gasteiger partial charge in [-0.2, -0.15) is 15.0 Å². The summed E-state index contributed by atoms with van der Waals surface area (Å²) in [7, 11) is 2.01. The largest absolute Gasteiger partial charge is 0.379 e. The van der Waals surface area contributed by atoms with Crippen molar-refractivity contribution in [3.8, 4) is 5.95 Å². The van der Waals surface area contributed by atoms with E-state index in [2.05, 4.69) is 40.0 Å². The summed E-state index contributed by atoms with van der Waals surface area (Å²) in [6.45, 7) is 7.38. The number of pyridine rings is 1. The molecule has 2 saturated heterocycles. The molecule has 0 aliphatic carbocycles. The van der Waals surface area contributed by atoms with Gasteiger partial charge in [0.05, 0.1) is 49.3 Å². The van der Waals surface area contributed by atoms with Crippen LogP contribution in [0.3, 0.4) is 0 Å². The Balaban J connectivity index is 1.27. The van der Waals surface area contributed by atoms with E-state index in [0.29, 0.717) is 49.0 Å². The van der Waals surface area contributed by atoms with Crippen LogP contribution in [0.2, 0.25) is 0 Å². The minimum Gasteiger partial charge on any atom is -0.379 e. The molecule has 0 radical (unpaired) electrons. The number of alkyl halides is 2. The predicted molar refractivity (Wildman–Crippen MR) is 150 cm³/mol. The minimum absolute atomic E-state index is 0.0559. The molecule has 6 rings (SSSR count). The van der Waals surface area contributed by atoms with Crippen molar-refractivity contribution < 1.29 is 18.3 Å². The third-order valence-electron chi connectivity index (χ3n) is 7.14. The lowest BCUT2D eigenvalue weighted by Crippen LogP contribution is -2.40. The van der Waals surface area contributed by atoms with Crippen LogP contribution in [-0.2, 0) is 9.47 Å². The second kappa shape index (κ2) is 12.2. The highest BCUT2D eigenvalue weighted by molar-refractivity contribution is 5.77. The Morgan fingerprint density at radius 2 is 1.63 bits per heavy atom.